The van der Waals surface area contributed by atoms with E-state index in [9.17, 15) is 62.9 Å². The number of nitro groups is 1. The molecule has 22 N–H and O–H groups in total. The van der Waals surface area contributed by atoms with Gasteiger partial charge in [0.2, 0.25) is 47.3 Å². The third-order valence-corrected chi connectivity index (χ3v) is 15.8. The second kappa shape index (κ2) is 34.9. The number of hydrogen-bond donors (Lipinski definition) is 18. The second-order valence-electron chi connectivity index (χ2n) is 23.1. The fraction of sp³-hybridized carbons (Fsp3) is 0.355. The van der Waals surface area contributed by atoms with Gasteiger partial charge in [-0.25, -0.2) is 14.4 Å². The number of aromatic nitrogens is 6. The lowest BCUT2D eigenvalue weighted by Gasteiger charge is -2.28. The smallest absolute Gasteiger partial charge is 0.328 e. The fourth-order valence-electron chi connectivity index (χ4n) is 10.7. The Morgan fingerprint density at radius 3 is 1.16 bits per heavy atom. The molecule has 7 atom stereocenters. The summed E-state index contributed by atoms with van der Waals surface area (Å²) in [5, 5.41) is 48.7. The first-order valence-electron chi connectivity index (χ1n) is 31.3. The number of nitrogens with zero attached hydrogens (tertiary/aromatic N) is 4. The van der Waals surface area contributed by atoms with E-state index in [1.807, 2.05) is 0 Å². The largest absolute Gasteiger partial charge is 0.370 e. The molecule has 3 aromatic heterocycles. The SMILES string of the molecule is CC(=O)N[C@@H](CCCNC(=N)N)C(=O)N[C@@H](CCCCN)C(=O)N[C@@H](Cc1ccc([N+](=O)[O-])cc1)C(=O)N[C@H](Cn1c(=O)[nH]c2ccccc2c1=O)C(=O)N[C@H](Cn1c(=O)[nH]c2ccccc2c1=O)C(=O)N[C@H](Cn1c(=O)[nH]c2ccccc2c1=O)C(=O)N[C@@H](CCCNC(=N)N)C(N)=O. The Bertz CT molecular complexity index is 4640. The van der Waals surface area contributed by atoms with Crippen molar-refractivity contribution in [3.8, 4) is 0 Å². The third kappa shape index (κ3) is 20.2. The monoisotopic (exact) mass is 1380 g/mol. The molecule has 7 aromatic rings. The van der Waals surface area contributed by atoms with Crippen LogP contribution in [0.15, 0.2) is 126 Å². The average Bonchev–Trinajstić information content (AvgIpc) is 0.798. The van der Waals surface area contributed by atoms with Crippen LogP contribution in [0, 0.1) is 20.9 Å². The molecule has 38 heteroatoms. The van der Waals surface area contributed by atoms with Gasteiger partial charge in [-0.1, -0.05) is 48.5 Å². The highest BCUT2D eigenvalue weighted by molar-refractivity contribution is 5.98. The molecule has 0 aliphatic carbocycles. The van der Waals surface area contributed by atoms with Crippen molar-refractivity contribution in [3.05, 3.63) is 175 Å². The van der Waals surface area contributed by atoms with Gasteiger partial charge in [0.25, 0.3) is 22.4 Å². The van der Waals surface area contributed by atoms with Crippen molar-refractivity contribution in [2.24, 2.45) is 22.9 Å². The van der Waals surface area contributed by atoms with Crippen LogP contribution in [0.25, 0.3) is 32.7 Å². The van der Waals surface area contributed by atoms with E-state index in [1.54, 1.807) is 0 Å². The van der Waals surface area contributed by atoms with Crippen LogP contribution in [0.2, 0.25) is 0 Å². The van der Waals surface area contributed by atoms with Crippen LogP contribution in [0.1, 0.15) is 57.4 Å². The van der Waals surface area contributed by atoms with Gasteiger partial charge in [-0.05, 0) is 93.5 Å². The number of amides is 8. The minimum atomic E-state index is -2.30. The van der Waals surface area contributed by atoms with Crippen molar-refractivity contribution >= 4 is 97.6 Å². The summed E-state index contributed by atoms with van der Waals surface area (Å²) in [4.78, 5) is 218. The molecule has 3 heterocycles. The summed E-state index contributed by atoms with van der Waals surface area (Å²) in [5.41, 5.74) is 15.7. The van der Waals surface area contributed by atoms with E-state index in [0.29, 0.717) is 20.1 Å². The molecule has 0 unspecified atom stereocenters. The highest BCUT2D eigenvalue weighted by atomic mass is 16.6. The van der Waals surface area contributed by atoms with Crippen LogP contribution >= 0.6 is 0 Å². The molecular formula is C62H76N22O16. The number of unbranched alkanes of at least 4 members (excludes halogenated alkanes) is 1. The molecule has 0 aliphatic rings. The number of non-ortho nitro benzene ring substituents is 1. The normalized spacial score (nSPS) is 13.2. The molecule has 4 aromatic carbocycles. The summed E-state index contributed by atoms with van der Waals surface area (Å²) in [7, 11) is 0. The van der Waals surface area contributed by atoms with E-state index in [0.717, 1.165) is 19.1 Å². The Morgan fingerprint density at radius 1 is 0.460 bits per heavy atom. The number of aromatic amines is 3. The van der Waals surface area contributed by atoms with Gasteiger partial charge in [-0.3, -0.25) is 87.4 Å². The molecule has 7 rings (SSSR count). The minimum absolute atomic E-state index is 0.00877. The lowest BCUT2D eigenvalue weighted by molar-refractivity contribution is -0.384. The second-order valence-corrected chi connectivity index (χ2v) is 23.1. The molecule has 0 saturated heterocycles. The van der Waals surface area contributed by atoms with Gasteiger partial charge < -0.3 is 85.7 Å². The van der Waals surface area contributed by atoms with Crippen LogP contribution in [0.3, 0.4) is 0 Å². The number of nitrogens with one attached hydrogen (secondary N) is 14. The lowest BCUT2D eigenvalue weighted by Crippen LogP contribution is -2.63. The maximum Gasteiger partial charge on any atom is 0.328 e. The summed E-state index contributed by atoms with van der Waals surface area (Å²) >= 11 is 0. The first-order chi connectivity index (χ1) is 47.6. The van der Waals surface area contributed by atoms with E-state index >= 15 is 14.4 Å². The van der Waals surface area contributed by atoms with E-state index in [-0.39, 0.29) is 108 Å². The van der Waals surface area contributed by atoms with Crippen LogP contribution in [-0.2, 0) is 64.4 Å². The number of carbonyl (C=O) groups excluding carboxylic acids is 8. The molecule has 38 nitrogen and oxygen atoms in total. The lowest BCUT2D eigenvalue weighted by atomic mass is 10.0. The Hall–Kier alpha value is -12.6. The maximum absolute atomic E-state index is 15.5. The van der Waals surface area contributed by atoms with Crippen molar-refractivity contribution in [2.45, 2.75) is 120 Å². The topological polar surface area (TPSA) is 604 Å². The average molecular weight is 1390 g/mol. The van der Waals surface area contributed by atoms with Crippen LogP contribution in [0.4, 0.5) is 5.69 Å². The van der Waals surface area contributed by atoms with Crippen LogP contribution in [0.5, 0.6) is 0 Å². The van der Waals surface area contributed by atoms with Crippen LogP contribution < -0.4 is 105 Å². The minimum Gasteiger partial charge on any atom is -0.370 e. The molecule has 530 valence electrons. The van der Waals surface area contributed by atoms with Crippen molar-refractivity contribution in [1.82, 2.24) is 76.5 Å². The summed E-state index contributed by atoms with van der Waals surface area (Å²) < 4.78 is 1.51. The van der Waals surface area contributed by atoms with Gasteiger partial charge in [0.05, 0.1) is 57.3 Å². The molecule has 0 bridgehead atoms. The number of nitro benzene ring substituents is 1. The number of carbonyl (C=O) groups is 8. The molecule has 0 spiro atoms. The Labute approximate surface area is 564 Å². The molecule has 0 fully saturated rings. The molecule has 0 radical (unpaired) electrons. The number of para-hydroxylation sites is 3. The number of guanidine groups is 2. The van der Waals surface area contributed by atoms with Gasteiger partial charge in [-0.2, -0.15) is 0 Å². The maximum atomic E-state index is 15.5. The van der Waals surface area contributed by atoms with Gasteiger partial charge in [-0.15, -0.1) is 0 Å². The standard InChI is InChI=1S/C62H76N22O16/c1-32(85)71-42(20-11-27-70-59(67)68)49(87)73-43(18-8-9-25-63)50(88)74-44(28-33-21-23-34(24-22-33)84(99)100)51(89)75-46(30-82-56(94)36-13-3-6-16-39(36)79-61(82)97)53(91)77-47(31-83-57(95)37-14-4-7-17-40(37)80-62(83)98)54(92)76-45(52(90)72-41(48(64)86)19-10-26-69-58(65)66)29-81-55(93)35-12-2-5-15-38(35)78-60(81)96/h2-7,12-17,21-24,41-47H,8-11,18-20,25-31,63H2,1H3,(H2,64,86)(H,71,85)(H,72,90)(H,73,87)(H,74,88)(H,75,89)(H,76,92)(H,77,91)(H,78,96)(H,79,97)(H,80,98)(H4,65,66,69)(H4,67,68,70)/t41-,42-,43-,44-,45+,46+,47+/m0/s1. The summed E-state index contributed by atoms with van der Waals surface area (Å²) in [6.45, 7) is -1.91. The van der Waals surface area contributed by atoms with Gasteiger partial charge in [0.1, 0.15) is 42.3 Å². The Morgan fingerprint density at radius 2 is 0.790 bits per heavy atom. The first-order valence-corrected chi connectivity index (χ1v) is 31.3. The molecular weight excluding hydrogens is 1310 g/mol. The van der Waals surface area contributed by atoms with E-state index in [4.69, 9.17) is 33.8 Å². The van der Waals surface area contributed by atoms with Gasteiger partial charge in [0.15, 0.2) is 11.9 Å². The summed E-state index contributed by atoms with van der Waals surface area (Å²) in [6, 6.07) is 8.82. The van der Waals surface area contributed by atoms with Crippen molar-refractivity contribution < 1.29 is 43.3 Å². The fourth-order valence-corrected chi connectivity index (χ4v) is 10.7. The zero-order valence-corrected chi connectivity index (χ0v) is 53.8. The summed E-state index contributed by atoms with van der Waals surface area (Å²) in [6.07, 6.45) is -0.166. The number of nitrogens with two attached hydrogens (primary N) is 4. The number of H-pyrrole nitrogens is 3. The van der Waals surface area contributed by atoms with Gasteiger partial charge >= 0.3 is 17.1 Å². The molecule has 8 amide bonds. The quantitative estimate of drug-likeness (QED) is 0.00580. The number of rotatable bonds is 35. The Kier molecular flexibility index (Phi) is 26.1. The first kappa shape index (κ1) is 74.8. The number of benzene rings is 4. The predicted molar refractivity (Wildman–Crippen MR) is 363 cm³/mol. The molecule has 0 saturated carbocycles. The third-order valence-electron chi connectivity index (χ3n) is 15.8. The predicted octanol–water partition coefficient (Wildman–Crippen LogP) is -5.20. The van der Waals surface area contributed by atoms with Crippen LogP contribution in [-0.4, -0.2) is 155 Å². The summed E-state index contributed by atoms with van der Waals surface area (Å²) in [5.74, 6) is -9.98. The highest BCUT2D eigenvalue weighted by Crippen LogP contribution is 2.16. The highest BCUT2D eigenvalue weighted by Gasteiger charge is 2.36. The Balaban J connectivity index is 1.34. The number of hydrogen-bond acceptors (Lipinski definition) is 19. The van der Waals surface area contributed by atoms with Crippen molar-refractivity contribution in [1.29, 1.82) is 10.8 Å². The zero-order chi connectivity index (χ0) is 72.9. The van der Waals surface area contributed by atoms with E-state index in [2.05, 4.69) is 62.8 Å². The van der Waals surface area contributed by atoms with Gasteiger partial charge in [0, 0.05) is 38.6 Å². The molecule has 0 aliphatic heterocycles. The van der Waals surface area contributed by atoms with Crippen molar-refractivity contribution in [2.75, 3.05) is 19.6 Å². The van der Waals surface area contributed by atoms with Crippen molar-refractivity contribution in [3.63, 3.8) is 0 Å². The number of fused-ring (bicyclic) bond motifs is 3. The number of primary amides is 1. The zero-order valence-electron chi connectivity index (χ0n) is 53.8. The van der Waals surface area contributed by atoms with E-state index < -0.39 is 160 Å². The molecule has 100 heavy (non-hydrogen) atoms. The van der Waals surface area contributed by atoms with E-state index in [1.165, 1.54) is 84.9 Å².